The van der Waals surface area contributed by atoms with Crippen LogP contribution in [0, 0.1) is 5.92 Å². The molecule has 5 heteroatoms. The van der Waals surface area contributed by atoms with Gasteiger partial charge in [-0.3, -0.25) is 4.90 Å². The molecule has 0 spiro atoms. The highest BCUT2D eigenvalue weighted by molar-refractivity contribution is 5.49. The summed E-state index contributed by atoms with van der Waals surface area (Å²) in [4.78, 5) is 2.46. The second-order valence-corrected chi connectivity index (χ2v) is 6.56. The molecule has 1 aliphatic heterocycles. The van der Waals surface area contributed by atoms with Crippen LogP contribution in [-0.4, -0.2) is 35.7 Å². The highest BCUT2D eigenvalue weighted by Crippen LogP contribution is 2.28. The van der Waals surface area contributed by atoms with Crippen LogP contribution in [0.1, 0.15) is 31.4 Å². The summed E-state index contributed by atoms with van der Waals surface area (Å²) in [6, 6.07) is 6.43. The average molecular weight is 301 g/mol. The van der Waals surface area contributed by atoms with E-state index in [4.69, 9.17) is 8.94 Å². The van der Waals surface area contributed by atoms with Crippen molar-refractivity contribution in [3.8, 4) is 11.5 Å². The summed E-state index contributed by atoms with van der Waals surface area (Å²) in [7, 11) is 0. The molecule has 0 radical (unpaired) electrons. The van der Waals surface area contributed by atoms with Crippen LogP contribution in [0.3, 0.4) is 0 Å². The average Bonchev–Trinajstić information content (AvgIpc) is 3.01. The van der Waals surface area contributed by atoms with Crippen molar-refractivity contribution in [2.75, 3.05) is 19.6 Å². The van der Waals surface area contributed by atoms with Gasteiger partial charge < -0.3 is 14.3 Å². The molecule has 0 atom stereocenters. The molecule has 22 heavy (non-hydrogen) atoms. The fourth-order valence-electron chi connectivity index (χ4n) is 3.10. The van der Waals surface area contributed by atoms with Crippen LogP contribution < -0.4 is 5.32 Å². The fraction of sp³-hybridized carbons (Fsp3) is 0.588. The molecule has 0 bridgehead atoms. The first-order valence-corrected chi connectivity index (χ1v) is 8.32. The van der Waals surface area contributed by atoms with Gasteiger partial charge in [0, 0.05) is 31.7 Å². The number of rotatable bonds is 6. The highest BCUT2D eigenvalue weighted by atomic mass is 16.5. The van der Waals surface area contributed by atoms with Crippen molar-refractivity contribution in [3.63, 3.8) is 0 Å². The Morgan fingerprint density at radius 2 is 2.05 bits per heavy atom. The molecule has 118 valence electrons. The third-order valence-corrected chi connectivity index (χ3v) is 4.69. The standard InChI is InChI=1S/C17H23N3O2/c1-2-16(21-9-1)17-10-15(19-22-17)12-20-7-5-14(6-8-20)18-11-13-3-4-13/h1-2,9-10,13-14,18H,3-8,11-12H2. The van der Waals surface area contributed by atoms with E-state index in [1.54, 1.807) is 6.26 Å². The van der Waals surface area contributed by atoms with Crippen molar-refractivity contribution in [1.29, 1.82) is 0 Å². The van der Waals surface area contributed by atoms with Gasteiger partial charge in [0.15, 0.2) is 5.76 Å². The van der Waals surface area contributed by atoms with E-state index in [-0.39, 0.29) is 0 Å². The predicted octanol–water partition coefficient (Wildman–Crippen LogP) is 2.90. The SMILES string of the molecule is c1coc(-c2cc(CN3CCC(NCC4CC4)CC3)no2)c1. The molecule has 4 rings (SSSR count). The fourth-order valence-corrected chi connectivity index (χ4v) is 3.10. The lowest BCUT2D eigenvalue weighted by Crippen LogP contribution is -2.42. The molecule has 0 amide bonds. The predicted molar refractivity (Wildman–Crippen MR) is 83.2 cm³/mol. The van der Waals surface area contributed by atoms with Gasteiger partial charge in [0.1, 0.15) is 0 Å². The molecule has 1 saturated heterocycles. The Balaban J connectivity index is 1.25. The number of furan rings is 1. The Labute approximate surface area is 130 Å². The second-order valence-electron chi connectivity index (χ2n) is 6.56. The van der Waals surface area contributed by atoms with Crippen molar-refractivity contribution in [3.05, 3.63) is 30.2 Å². The first-order valence-electron chi connectivity index (χ1n) is 8.32. The molecule has 2 fully saturated rings. The largest absolute Gasteiger partial charge is 0.461 e. The smallest absolute Gasteiger partial charge is 0.202 e. The maximum Gasteiger partial charge on any atom is 0.202 e. The van der Waals surface area contributed by atoms with E-state index < -0.39 is 0 Å². The lowest BCUT2D eigenvalue weighted by atomic mass is 10.0. The van der Waals surface area contributed by atoms with Crippen LogP contribution in [-0.2, 0) is 6.54 Å². The number of aromatic nitrogens is 1. The van der Waals surface area contributed by atoms with Gasteiger partial charge in [-0.1, -0.05) is 5.16 Å². The summed E-state index contributed by atoms with van der Waals surface area (Å²) in [5.74, 6) is 2.41. The maximum atomic E-state index is 5.36. The van der Waals surface area contributed by atoms with Gasteiger partial charge in [-0.15, -0.1) is 0 Å². The van der Waals surface area contributed by atoms with Crippen LogP contribution in [0.25, 0.3) is 11.5 Å². The molecule has 3 heterocycles. The van der Waals surface area contributed by atoms with Gasteiger partial charge in [0.25, 0.3) is 0 Å². The topological polar surface area (TPSA) is 54.4 Å². The molecular weight excluding hydrogens is 278 g/mol. The molecule has 1 saturated carbocycles. The Morgan fingerprint density at radius 3 is 2.77 bits per heavy atom. The summed E-state index contributed by atoms with van der Waals surface area (Å²) in [6.07, 6.45) is 6.97. The summed E-state index contributed by atoms with van der Waals surface area (Å²) in [5, 5.41) is 7.88. The summed E-state index contributed by atoms with van der Waals surface area (Å²) in [6.45, 7) is 4.34. The van der Waals surface area contributed by atoms with Gasteiger partial charge >= 0.3 is 0 Å². The van der Waals surface area contributed by atoms with Crippen molar-refractivity contribution in [2.45, 2.75) is 38.3 Å². The zero-order valence-corrected chi connectivity index (χ0v) is 12.8. The molecule has 1 N–H and O–H groups in total. The number of likely N-dealkylation sites (tertiary alicyclic amines) is 1. The van der Waals surface area contributed by atoms with Gasteiger partial charge in [-0.2, -0.15) is 0 Å². The normalized spacial score (nSPS) is 20.5. The van der Waals surface area contributed by atoms with E-state index >= 15 is 0 Å². The summed E-state index contributed by atoms with van der Waals surface area (Å²) >= 11 is 0. The molecule has 2 aromatic heterocycles. The molecule has 0 unspecified atom stereocenters. The number of piperidine rings is 1. The van der Waals surface area contributed by atoms with Gasteiger partial charge in [-0.25, -0.2) is 0 Å². The van der Waals surface area contributed by atoms with E-state index in [0.29, 0.717) is 11.8 Å². The van der Waals surface area contributed by atoms with Crippen LogP contribution in [0.4, 0.5) is 0 Å². The van der Waals surface area contributed by atoms with Crippen LogP contribution in [0.15, 0.2) is 33.4 Å². The van der Waals surface area contributed by atoms with E-state index in [1.807, 2.05) is 18.2 Å². The Kier molecular flexibility index (Phi) is 3.99. The van der Waals surface area contributed by atoms with Crippen molar-refractivity contribution in [1.82, 2.24) is 15.4 Å². The zero-order chi connectivity index (χ0) is 14.8. The Morgan fingerprint density at radius 1 is 1.18 bits per heavy atom. The summed E-state index contributed by atoms with van der Waals surface area (Å²) < 4.78 is 10.7. The lowest BCUT2D eigenvalue weighted by Gasteiger charge is -2.31. The zero-order valence-electron chi connectivity index (χ0n) is 12.8. The third-order valence-electron chi connectivity index (χ3n) is 4.69. The maximum absolute atomic E-state index is 5.36. The van der Waals surface area contributed by atoms with Crippen molar-refractivity contribution in [2.24, 2.45) is 5.92 Å². The van der Waals surface area contributed by atoms with Crippen molar-refractivity contribution >= 4 is 0 Å². The quantitative estimate of drug-likeness (QED) is 0.889. The highest BCUT2D eigenvalue weighted by Gasteiger charge is 2.24. The molecule has 2 aliphatic rings. The minimum absolute atomic E-state index is 0.702. The van der Waals surface area contributed by atoms with Gasteiger partial charge in [0.05, 0.1) is 12.0 Å². The number of hydrogen-bond acceptors (Lipinski definition) is 5. The Bertz CT molecular complexity index is 581. The monoisotopic (exact) mass is 301 g/mol. The van der Waals surface area contributed by atoms with Crippen molar-refractivity contribution < 1.29 is 8.94 Å². The van der Waals surface area contributed by atoms with Gasteiger partial charge in [-0.05, 0) is 50.3 Å². The van der Waals surface area contributed by atoms with Crippen LogP contribution in [0.2, 0.25) is 0 Å². The molecule has 0 aromatic carbocycles. The number of hydrogen-bond donors (Lipinski definition) is 1. The molecular formula is C17H23N3O2. The molecule has 5 nitrogen and oxygen atoms in total. The number of nitrogens with zero attached hydrogens (tertiary/aromatic N) is 2. The lowest BCUT2D eigenvalue weighted by molar-refractivity contribution is 0.186. The third kappa shape index (κ3) is 3.42. The first-order chi connectivity index (χ1) is 10.9. The van der Waals surface area contributed by atoms with E-state index in [2.05, 4.69) is 15.4 Å². The first kappa shape index (κ1) is 14.0. The second kappa shape index (κ2) is 6.26. The van der Waals surface area contributed by atoms with Gasteiger partial charge in [0.2, 0.25) is 5.76 Å². The minimum atomic E-state index is 0.702. The van der Waals surface area contributed by atoms with Crippen LogP contribution >= 0.6 is 0 Å². The van der Waals surface area contributed by atoms with E-state index in [1.165, 1.54) is 32.2 Å². The Hall–Kier alpha value is -1.59. The van der Waals surface area contributed by atoms with Crippen LogP contribution in [0.5, 0.6) is 0 Å². The van der Waals surface area contributed by atoms with E-state index in [9.17, 15) is 0 Å². The molecule has 2 aromatic rings. The minimum Gasteiger partial charge on any atom is -0.461 e. The number of nitrogens with one attached hydrogen (secondary N) is 1. The summed E-state index contributed by atoms with van der Waals surface area (Å²) in [5.41, 5.74) is 0.982. The van der Waals surface area contributed by atoms with E-state index in [0.717, 1.165) is 37.0 Å². The molecule has 1 aliphatic carbocycles.